The molecule has 0 amide bonds. The summed E-state index contributed by atoms with van der Waals surface area (Å²) in [5, 5.41) is 10.1. The molecule has 0 aliphatic carbocycles. The van der Waals surface area contributed by atoms with E-state index in [-0.39, 0.29) is 5.02 Å². The molecule has 0 saturated carbocycles. The second kappa shape index (κ2) is 5.24. The van der Waals surface area contributed by atoms with E-state index in [2.05, 4.69) is 4.72 Å². The highest BCUT2D eigenvalue weighted by Gasteiger charge is 2.30. The van der Waals surface area contributed by atoms with Gasteiger partial charge in [0.05, 0.1) is 9.95 Å². The molecule has 0 fully saturated rings. The van der Waals surface area contributed by atoms with E-state index in [1.807, 2.05) is 0 Å². The molecular weight excluding hydrogens is 315 g/mol. The van der Waals surface area contributed by atoms with Gasteiger partial charge in [-0.1, -0.05) is 23.2 Å². The van der Waals surface area contributed by atoms with Gasteiger partial charge in [-0.2, -0.15) is 0 Å². The lowest BCUT2D eigenvalue weighted by molar-refractivity contribution is -0.384. The van der Waals surface area contributed by atoms with Gasteiger partial charge >= 0.3 is 0 Å². The van der Waals surface area contributed by atoms with Crippen LogP contribution < -0.4 is 4.72 Å². The molecule has 1 rings (SSSR count). The van der Waals surface area contributed by atoms with Crippen LogP contribution in [0.1, 0.15) is 20.8 Å². The standard InChI is InChI=1S/C10H12Cl2N2O4S/c1-10(2,3)13-19(17,18)9-6(11)4-5-7(8(9)12)14(15)16/h4-5,13H,1-3H3. The van der Waals surface area contributed by atoms with E-state index in [4.69, 9.17) is 23.2 Å². The number of nitrogens with zero attached hydrogens (tertiary/aromatic N) is 1. The molecule has 0 spiro atoms. The number of benzene rings is 1. The number of nitro groups is 1. The third-order valence-electron chi connectivity index (χ3n) is 1.93. The molecule has 0 aromatic heterocycles. The van der Waals surface area contributed by atoms with Gasteiger partial charge in [0.15, 0.2) is 0 Å². The Morgan fingerprint density at radius 2 is 1.79 bits per heavy atom. The van der Waals surface area contributed by atoms with Crippen molar-refractivity contribution in [1.82, 2.24) is 4.72 Å². The molecule has 1 N–H and O–H groups in total. The molecule has 0 unspecified atom stereocenters. The summed E-state index contributed by atoms with van der Waals surface area (Å²) >= 11 is 11.6. The minimum atomic E-state index is -4.05. The third kappa shape index (κ3) is 3.79. The zero-order chi connectivity index (χ0) is 15.0. The van der Waals surface area contributed by atoms with Crippen LogP contribution in [-0.2, 0) is 10.0 Å². The Morgan fingerprint density at radius 3 is 2.21 bits per heavy atom. The molecule has 0 aliphatic rings. The second-order valence-electron chi connectivity index (χ2n) is 4.82. The number of sulfonamides is 1. The number of halogens is 2. The summed E-state index contributed by atoms with van der Waals surface area (Å²) in [4.78, 5) is 9.51. The largest absolute Gasteiger partial charge is 0.289 e. The number of nitrogens with one attached hydrogen (secondary N) is 1. The lowest BCUT2D eigenvalue weighted by Crippen LogP contribution is -2.40. The molecule has 0 heterocycles. The highest BCUT2D eigenvalue weighted by molar-refractivity contribution is 7.89. The van der Waals surface area contributed by atoms with E-state index >= 15 is 0 Å². The Morgan fingerprint density at radius 1 is 1.26 bits per heavy atom. The Kier molecular flexibility index (Phi) is 4.46. The zero-order valence-corrected chi connectivity index (χ0v) is 12.7. The normalized spacial score (nSPS) is 12.5. The fraction of sp³-hybridized carbons (Fsp3) is 0.400. The molecule has 0 saturated heterocycles. The van der Waals surface area contributed by atoms with Crippen LogP contribution in [0.3, 0.4) is 0 Å². The van der Waals surface area contributed by atoms with E-state index in [1.165, 1.54) is 0 Å². The van der Waals surface area contributed by atoms with Crippen molar-refractivity contribution < 1.29 is 13.3 Å². The summed E-state index contributed by atoms with van der Waals surface area (Å²) in [7, 11) is -4.05. The van der Waals surface area contributed by atoms with Crippen molar-refractivity contribution in [1.29, 1.82) is 0 Å². The van der Waals surface area contributed by atoms with Crippen LogP contribution in [0.15, 0.2) is 17.0 Å². The van der Waals surface area contributed by atoms with Crippen LogP contribution in [0.4, 0.5) is 5.69 Å². The first-order valence-electron chi connectivity index (χ1n) is 5.12. The summed E-state index contributed by atoms with van der Waals surface area (Å²) in [6.07, 6.45) is 0. The van der Waals surface area contributed by atoms with Crippen LogP contribution in [0.5, 0.6) is 0 Å². The first-order valence-corrected chi connectivity index (χ1v) is 7.36. The van der Waals surface area contributed by atoms with E-state index < -0.39 is 36.1 Å². The summed E-state index contributed by atoms with van der Waals surface area (Å²) in [5.74, 6) is 0. The second-order valence-corrected chi connectivity index (χ2v) is 7.23. The van der Waals surface area contributed by atoms with E-state index in [1.54, 1.807) is 20.8 Å². The summed E-state index contributed by atoms with van der Waals surface area (Å²) < 4.78 is 26.7. The molecule has 6 nitrogen and oxygen atoms in total. The van der Waals surface area contributed by atoms with E-state index in [0.29, 0.717) is 0 Å². The van der Waals surface area contributed by atoms with Gasteiger partial charge < -0.3 is 0 Å². The molecule has 0 radical (unpaired) electrons. The quantitative estimate of drug-likeness (QED) is 0.683. The van der Waals surface area contributed by atoms with E-state index in [9.17, 15) is 18.5 Å². The maximum atomic E-state index is 12.2. The topological polar surface area (TPSA) is 89.3 Å². The van der Waals surface area contributed by atoms with Crippen molar-refractivity contribution in [2.24, 2.45) is 0 Å². The van der Waals surface area contributed by atoms with E-state index in [0.717, 1.165) is 12.1 Å². The van der Waals surface area contributed by atoms with Gasteiger partial charge in [0.25, 0.3) is 5.69 Å². The zero-order valence-electron chi connectivity index (χ0n) is 10.4. The van der Waals surface area contributed by atoms with Gasteiger partial charge in [0, 0.05) is 11.6 Å². The van der Waals surface area contributed by atoms with Crippen LogP contribution in [0, 0.1) is 10.1 Å². The smallest absolute Gasteiger partial charge is 0.258 e. The fourth-order valence-corrected chi connectivity index (χ4v) is 3.99. The fourth-order valence-electron chi connectivity index (χ4n) is 1.36. The van der Waals surface area contributed by atoms with Crippen molar-refractivity contribution in [2.75, 3.05) is 0 Å². The van der Waals surface area contributed by atoms with Crippen LogP contribution in [-0.4, -0.2) is 18.9 Å². The number of nitro benzene ring substituents is 1. The van der Waals surface area contributed by atoms with Crippen LogP contribution in [0.2, 0.25) is 10.0 Å². The third-order valence-corrected chi connectivity index (χ3v) is 4.70. The van der Waals surface area contributed by atoms with Crippen molar-refractivity contribution in [3.63, 3.8) is 0 Å². The molecule has 9 heteroatoms. The number of hydrogen-bond acceptors (Lipinski definition) is 4. The molecule has 0 bridgehead atoms. The van der Waals surface area contributed by atoms with Gasteiger partial charge in [-0.05, 0) is 26.8 Å². The molecule has 106 valence electrons. The Bertz CT molecular complexity index is 623. The van der Waals surface area contributed by atoms with Crippen molar-refractivity contribution in [3.05, 3.63) is 32.3 Å². The van der Waals surface area contributed by atoms with Crippen molar-refractivity contribution >= 4 is 38.9 Å². The highest BCUT2D eigenvalue weighted by atomic mass is 35.5. The van der Waals surface area contributed by atoms with Crippen molar-refractivity contribution in [3.8, 4) is 0 Å². The maximum absolute atomic E-state index is 12.2. The minimum absolute atomic E-state index is 0.174. The predicted molar refractivity (Wildman–Crippen MR) is 73.2 cm³/mol. The summed E-state index contributed by atoms with van der Waals surface area (Å²) in [6.45, 7) is 4.89. The molecule has 19 heavy (non-hydrogen) atoms. The highest BCUT2D eigenvalue weighted by Crippen LogP contribution is 2.36. The lowest BCUT2D eigenvalue weighted by Gasteiger charge is -2.21. The maximum Gasteiger partial charge on any atom is 0.289 e. The SMILES string of the molecule is CC(C)(C)NS(=O)(=O)c1c(Cl)ccc([N+](=O)[O-])c1Cl. The van der Waals surface area contributed by atoms with Crippen LogP contribution in [0.25, 0.3) is 0 Å². The predicted octanol–water partition coefficient (Wildman–Crippen LogP) is 2.98. The van der Waals surface area contributed by atoms with Gasteiger partial charge in [0.2, 0.25) is 10.0 Å². The lowest BCUT2D eigenvalue weighted by atomic mass is 10.1. The van der Waals surface area contributed by atoms with Crippen LogP contribution >= 0.6 is 23.2 Å². The van der Waals surface area contributed by atoms with Gasteiger partial charge in [-0.25, -0.2) is 13.1 Å². The minimum Gasteiger partial charge on any atom is -0.258 e. The van der Waals surface area contributed by atoms with Crippen molar-refractivity contribution in [2.45, 2.75) is 31.2 Å². The monoisotopic (exact) mass is 326 g/mol. The van der Waals surface area contributed by atoms with Gasteiger partial charge in [0.1, 0.15) is 9.92 Å². The first-order chi connectivity index (χ1) is 8.46. The summed E-state index contributed by atoms with van der Waals surface area (Å²) in [6, 6.07) is 2.18. The molecule has 0 aliphatic heterocycles. The molecular formula is C10H12Cl2N2O4S. The van der Waals surface area contributed by atoms with Gasteiger partial charge in [-0.3, -0.25) is 10.1 Å². The van der Waals surface area contributed by atoms with Gasteiger partial charge in [-0.15, -0.1) is 0 Å². The number of rotatable bonds is 3. The summed E-state index contributed by atoms with van der Waals surface area (Å²) in [5.41, 5.74) is -1.28. The Balaban J connectivity index is 3.51. The molecule has 0 atom stereocenters. The molecule has 1 aromatic carbocycles. The average Bonchev–Trinajstić information content (AvgIpc) is 2.11. The average molecular weight is 327 g/mol. The Hall–Kier alpha value is -0.890. The Labute approximate surface area is 120 Å². The first kappa shape index (κ1) is 16.2. The molecule has 1 aromatic rings. The number of hydrogen-bond donors (Lipinski definition) is 1.